The predicted octanol–water partition coefficient (Wildman–Crippen LogP) is 2.51. The summed E-state index contributed by atoms with van der Waals surface area (Å²) in [7, 11) is 1.36. The van der Waals surface area contributed by atoms with Gasteiger partial charge < -0.3 is 9.15 Å². The Hall–Kier alpha value is -2.56. The van der Waals surface area contributed by atoms with Crippen LogP contribution >= 0.6 is 0 Å². The molecule has 1 fully saturated rings. The summed E-state index contributed by atoms with van der Waals surface area (Å²) >= 11 is 0. The third-order valence-electron chi connectivity index (χ3n) is 4.70. The lowest BCUT2D eigenvalue weighted by molar-refractivity contribution is -0.143. The van der Waals surface area contributed by atoms with E-state index in [2.05, 4.69) is 0 Å². The molecule has 1 aliphatic heterocycles. The van der Waals surface area contributed by atoms with E-state index in [4.69, 9.17) is 9.15 Å². The van der Waals surface area contributed by atoms with Crippen molar-refractivity contribution in [1.29, 1.82) is 0 Å². The molecule has 0 bridgehead atoms. The van der Waals surface area contributed by atoms with Gasteiger partial charge in [-0.2, -0.15) is 0 Å². The zero-order valence-electron chi connectivity index (χ0n) is 12.8. The van der Waals surface area contributed by atoms with Gasteiger partial charge in [0.1, 0.15) is 11.8 Å². The van der Waals surface area contributed by atoms with Crippen LogP contribution in [0.25, 0.3) is 0 Å². The minimum atomic E-state index is -0.567. The average Bonchev–Trinajstić information content (AvgIpc) is 3.03. The Kier molecular flexibility index (Phi) is 3.22. The van der Waals surface area contributed by atoms with Gasteiger partial charge in [0.2, 0.25) is 5.91 Å². The molecule has 0 N–H and O–H groups in total. The van der Waals surface area contributed by atoms with Gasteiger partial charge in [-0.3, -0.25) is 9.69 Å². The highest BCUT2D eigenvalue weighted by Crippen LogP contribution is 2.50. The van der Waals surface area contributed by atoms with E-state index in [1.54, 1.807) is 11.2 Å². The molecule has 1 saturated carbocycles. The van der Waals surface area contributed by atoms with E-state index in [1.165, 1.54) is 7.11 Å². The fourth-order valence-electron chi connectivity index (χ4n) is 3.45. The summed E-state index contributed by atoms with van der Waals surface area (Å²) in [6.07, 6.45) is 2.89. The fourth-order valence-corrected chi connectivity index (χ4v) is 3.45. The minimum Gasteiger partial charge on any atom is -0.469 e. The van der Waals surface area contributed by atoms with Crippen molar-refractivity contribution in [1.82, 2.24) is 0 Å². The normalized spacial score (nSPS) is 25.1. The molecule has 1 aliphatic carbocycles. The molecule has 1 amide bonds. The number of amides is 1. The van der Waals surface area contributed by atoms with Crippen LogP contribution in [0.5, 0.6) is 0 Å². The summed E-state index contributed by atoms with van der Waals surface area (Å²) in [6, 6.07) is 10.8. The zero-order valence-corrected chi connectivity index (χ0v) is 12.8. The molecule has 1 aromatic heterocycles. The number of ether oxygens (including phenoxy) is 1. The monoisotopic (exact) mass is 311 g/mol. The van der Waals surface area contributed by atoms with Crippen molar-refractivity contribution in [3.05, 3.63) is 54.0 Å². The molecular weight excluding hydrogens is 294 g/mol. The van der Waals surface area contributed by atoms with Crippen LogP contribution in [-0.2, 0) is 20.7 Å². The number of furan rings is 1. The van der Waals surface area contributed by atoms with Crippen molar-refractivity contribution in [2.45, 2.75) is 24.8 Å². The molecule has 0 saturated heterocycles. The molecule has 0 spiro atoms. The Morgan fingerprint density at radius 3 is 2.78 bits per heavy atom. The highest BCUT2D eigenvalue weighted by atomic mass is 16.5. The van der Waals surface area contributed by atoms with E-state index in [1.807, 2.05) is 36.4 Å². The molecule has 0 radical (unpaired) electrons. The van der Waals surface area contributed by atoms with Crippen LogP contribution < -0.4 is 4.90 Å². The summed E-state index contributed by atoms with van der Waals surface area (Å²) in [5.41, 5.74) is 1.82. The largest absolute Gasteiger partial charge is 0.469 e. The van der Waals surface area contributed by atoms with Gasteiger partial charge in [0.15, 0.2) is 0 Å². The van der Waals surface area contributed by atoms with Gasteiger partial charge in [-0.05, 0) is 30.2 Å². The van der Waals surface area contributed by atoms with Gasteiger partial charge in [0.05, 0.1) is 13.4 Å². The fraction of sp³-hybridized carbons (Fsp3) is 0.333. The SMILES string of the molecule is COC(=O)[C@@H]1Cc2ccccc2N1C(=O)[C@@H]1C[C@H]1c1ccco1. The number of carbonyl (C=O) groups is 2. The predicted molar refractivity (Wildman–Crippen MR) is 83.0 cm³/mol. The number of rotatable bonds is 3. The number of esters is 1. The number of hydrogen-bond acceptors (Lipinski definition) is 4. The maximum Gasteiger partial charge on any atom is 0.329 e. The van der Waals surface area contributed by atoms with Gasteiger partial charge >= 0.3 is 5.97 Å². The highest BCUT2D eigenvalue weighted by molar-refractivity contribution is 6.04. The molecule has 2 aromatic rings. The van der Waals surface area contributed by atoms with E-state index >= 15 is 0 Å². The molecule has 3 atom stereocenters. The minimum absolute atomic E-state index is 0.0215. The molecule has 23 heavy (non-hydrogen) atoms. The standard InChI is InChI=1S/C18H17NO4/c1-22-18(21)15-9-11-5-2-3-6-14(11)19(15)17(20)13-10-12(13)16-7-4-8-23-16/h2-8,12-13,15H,9-10H2,1H3/t12-,13-,15+/m1/s1. The maximum atomic E-state index is 13.0. The van der Waals surface area contributed by atoms with Crippen LogP contribution in [0.15, 0.2) is 47.1 Å². The third-order valence-corrected chi connectivity index (χ3v) is 4.70. The first kappa shape index (κ1) is 14.1. The molecule has 118 valence electrons. The second kappa shape index (κ2) is 5.26. The number of nitrogens with zero attached hydrogens (tertiary/aromatic N) is 1. The number of methoxy groups -OCH3 is 1. The van der Waals surface area contributed by atoms with Crippen LogP contribution in [0.1, 0.15) is 23.7 Å². The van der Waals surface area contributed by atoms with Crippen LogP contribution in [0.3, 0.4) is 0 Å². The lowest BCUT2D eigenvalue weighted by Crippen LogP contribution is -2.44. The van der Waals surface area contributed by atoms with Gasteiger partial charge in [0, 0.05) is 23.9 Å². The molecular formula is C18H17NO4. The van der Waals surface area contributed by atoms with Crippen molar-refractivity contribution in [2.24, 2.45) is 5.92 Å². The molecule has 5 heteroatoms. The van der Waals surface area contributed by atoms with Gasteiger partial charge in [-0.25, -0.2) is 4.79 Å². The van der Waals surface area contributed by atoms with E-state index in [0.717, 1.165) is 23.4 Å². The molecule has 0 unspecified atom stereocenters. The topological polar surface area (TPSA) is 59.8 Å². The summed E-state index contributed by atoms with van der Waals surface area (Å²) < 4.78 is 10.3. The third kappa shape index (κ3) is 2.23. The molecule has 2 heterocycles. The second-order valence-electron chi connectivity index (χ2n) is 6.04. The molecule has 1 aromatic carbocycles. The average molecular weight is 311 g/mol. The smallest absolute Gasteiger partial charge is 0.329 e. The van der Waals surface area contributed by atoms with Crippen molar-refractivity contribution < 1.29 is 18.7 Å². The van der Waals surface area contributed by atoms with Crippen LogP contribution in [0, 0.1) is 5.92 Å². The molecule has 5 nitrogen and oxygen atoms in total. The first-order chi connectivity index (χ1) is 11.2. The quantitative estimate of drug-likeness (QED) is 0.817. The molecule has 4 rings (SSSR count). The van der Waals surface area contributed by atoms with Crippen LogP contribution in [0.4, 0.5) is 5.69 Å². The summed E-state index contributed by atoms with van der Waals surface area (Å²) in [5, 5.41) is 0. The number of para-hydroxylation sites is 1. The van der Waals surface area contributed by atoms with Crippen molar-refractivity contribution in [2.75, 3.05) is 12.0 Å². The Morgan fingerprint density at radius 2 is 2.04 bits per heavy atom. The number of anilines is 1. The van der Waals surface area contributed by atoms with Crippen molar-refractivity contribution in [3.8, 4) is 0 Å². The first-order valence-electron chi connectivity index (χ1n) is 7.73. The highest BCUT2D eigenvalue weighted by Gasteiger charge is 2.51. The Labute approximate surface area is 133 Å². The lowest BCUT2D eigenvalue weighted by atomic mass is 10.1. The van der Waals surface area contributed by atoms with Gasteiger partial charge in [-0.15, -0.1) is 0 Å². The van der Waals surface area contributed by atoms with Gasteiger partial charge in [-0.1, -0.05) is 18.2 Å². The van der Waals surface area contributed by atoms with Crippen LogP contribution in [-0.4, -0.2) is 25.0 Å². The van der Waals surface area contributed by atoms with E-state index in [-0.39, 0.29) is 23.7 Å². The lowest BCUT2D eigenvalue weighted by Gasteiger charge is -2.24. The van der Waals surface area contributed by atoms with E-state index in [0.29, 0.717) is 6.42 Å². The summed E-state index contributed by atoms with van der Waals surface area (Å²) in [5.74, 6) is 0.435. The molecule has 2 aliphatic rings. The number of carbonyl (C=O) groups excluding carboxylic acids is 2. The van der Waals surface area contributed by atoms with E-state index < -0.39 is 6.04 Å². The number of hydrogen-bond donors (Lipinski definition) is 0. The number of benzene rings is 1. The maximum absolute atomic E-state index is 13.0. The zero-order chi connectivity index (χ0) is 16.0. The Bertz CT molecular complexity index is 752. The summed E-state index contributed by atoms with van der Waals surface area (Å²) in [4.78, 5) is 26.7. The summed E-state index contributed by atoms with van der Waals surface area (Å²) in [6.45, 7) is 0. The Balaban J connectivity index is 1.62. The van der Waals surface area contributed by atoms with Crippen molar-refractivity contribution in [3.63, 3.8) is 0 Å². The second-order valence-corrected chi connectivity index (χ2v) is 6.04. The first-order valence-corrected chi connectivity index (χ1v) is 7.73. The van der Waals surface area contributed by atoms with Crippen LogP contribution in [0.2, 0.25) is 0 Å². The van der Waals surface area contributed by atoms with E-state index in [9.17, 15) is 9.59 Å². The Morgan fingerprint density at radius 1 is 1.22 bits per heavy atom. The van der Waals surface area contributed by atoms with Gasteiger partial charge in [0.25, 0.3) is 0 Å². The van der Waals surface area contributed by atoms with Crippen molar-refractivity contribution >= 4 is 17.6 Å². The number of fused-ring (bicyclic) bond motifs is 1.